The van der Waals surface area contributed by atoms with Gasteiger partial charge in [-0.3, -0.25) is 0 Å². The molecule has 0 bridgehead atoms. The Hall–Kier alpha value is -1.02. The first-order valence-corrected chi connectivity index (χ1v) is 6.91. The number of aliphatic hydroxyl groups is 1. The van der Waals surface area contributed by atoms with Gasteiger partial charge in [-0.2, -0.15) is 0 Å². The van der Waals surface area contributed by atoms with Crippen LogP contribution in [0.15, 0.2) is 36.4 Å². The van der Waals surface area contributed by atoms with E-state index in [0.29, 0.717) is 16.5 Å². The molecule has 0 heterocycles. The van der Waals surface area contributed by atoms with Gasteiger partial charge in [0.15, 0.2) is 0 Å². The summed E-state index contributed by atoms with van der Waals surface area (Å²) in [6, 6.07) is 11.6. The van der Waals surface area contributed by atoms with Gasteiger partial charge in [-0.15, -0.1) is 0 Å². The highest BCUT2D eigenvalue weighted by Crippen LogP contribution is 2.26. The van der Waals surface area contributed by atoms with E-state index in [-0.39, 0.29) is 0 Å². The van der Waals surface area contributed by atoms with Gasteiger partial charge >= 0.3 is 0 Å². The molecular weight excluding hydrogens is 279 g/mol. The molecule has 0 saturated heterocycles. The molecule has 0 aliphatic rings. The summed E-state index contributed by atoms with van der Waals surface area (Å²) in [5.41, 5.74) is 4.22. The lowest BCUT2D eigenvalue weighted by atomic mass is 9.98. The van der Waals surface area contributed by atoms with E-state index in [2.05, 4.69) is 6.07 Å². The number of rotatable bonds is 3. The van der Waals surface area contributed by atoms with Gasteiger partial charge in [0.1, 0.15) is 0 Å². The molecule has 2 aromatic rings. The highest BCUT2D eigenvalue weighted by Gasteiger charge is 2.10. The fourth-order valence-electron chi connectivity index (χ4n) is 2.21. The minimum atomic E-state index is -0.532. The van der Waals surface area contributed by atoms with E-state index in [9.17, 15) is 5.11 Å². The van der Waals surface area contributed by atoms with E-state index in [1.54, 1.807) is 12.1 Å². The Bertz CT molecular complexity index is 573. The van der Waals surface area contributed by atoms with Crippen LogP contribution in [-0.4, -0.2) is 5.11 Å². The molecule has 1 nitrogen and oxygen atoms in total. The van der Waals surface area contributed by atoms with Crippen LogP contribution in [0.1, 0.15) is 28.4 Å². The van der Waals surface area contributed by atoms with Crippen LogP contribution in [0.2, 0.25) is 10.0 Å². The fourth-order valence-corrected chi connectivity index (χ4v) is 2.53. The number of hydrogen-bond donors (Lipinski definition) is 1. The summed E-state index contributed by atoms with van der Waals surface area (Å²) in [7, 11) is 0. The molecule has 100 valence electrons. The standard InChI is InChI=1S/C16H16Cl2O/c1-10-5-11(2)7-13(6-10)16(19)9-12-3-4-14(17)15(18)8-12/h3-8,16,19H,9H2,1-2H3. The van der Waals surface area contributed by atoms with Gasteiger partial charge in [0, 0.05) is 6.42 Å². The first kappa shape index (κ1) is 14.4. The Morgan fingerprint density at radius 3 is 2.16 bits per heavy atom. The molecule has 0 amide bonds. The molecule has 1 N–H and O–H groups in total. The SMILES string of the molecule is Cc1cc(C)cc(C(O)Cc2ccc(Cl)c(Cl)c2)c1. The molecule has 1 atom stereocenters. The van der Waals surface area contributed by atoms with Crippen LogP contribution in [-0.2, 0) is 6.42 Å². The summed E-state index contributed by atoms with van der Waals surface area (Å²) >= 11 is 11.9. The average molecular weight is 295 g/mol. The molecular formula is C16H16Cl2O. The van der Waals surface area contributed by atoms with Crippen molar-refractivity contribution in [2.75, 3.05) is 0 Å². The van der Waals surface area contributed by atoms with Crippen molar-refractivity contribution in [3.05, 3.63) is 68.7 Å². The van der Waals surface area contributed by atoms with Gasteiger partial charge in [0.05, 0.1) is 16.1 Å². The van der Waals surface area contributed by atoms with Crippen LogP contribution in [0.25, 0.3) is 0 Å². The van der Waals surface area contributed by atoms with Crippen molar-refractivity contribution in [1.29, 1.82) is 0 Å². The molecule has 2 aromatic carbocycles. The molecule has 0 spiro atoms. The predicted octanol–water partition coefficient (Wildman–Crippen LogP) is 4.89. The van der Waals surface area contributed by atoms with Gasteiger partial charge in [-0.05, 0) is 37.1 Å². The molecule has 0 aliphatic heterocycles. The molecule has 0 fully saturated rings. The first-order chi connectivity index (χ1) is 8.95. The summed E-state index contributed by atoms with van der Waals surface area (Å²) < 4.78 is 0. The maximum absolute atomic E-state index is 10.3. The van der Waals surface area contributed by atoms with E-state index in [1.807, 2.05) is 32.0 Å². The Morgan fingerprint density at radius 1 is 0.947 bits per heavy atom. The van der Waals surface area contributed by atoms with Crippen molar-refractivity contribution >= 4 is 23.2 Å². The number of hydrogen-bond acceptors (Lipinski definition) is 1. The van der Waals surface area contributed by atoms with Gasteiger partial charge < -0.3 is 5.11 Å². The zero-order chi connectivity index (χ0) is 14.0. The van der Waals surface area contributed by atoms with E-state index < -0.39 is 6.10 Å². The zero-order valence-electron chi connectivity index (χ0n) is 11.0. The highest BCUT2D eigenvalue weighted by molar-refractivity contribution is 6.42. The van der Waals surface area contributed by atoms with E-state index in [1.165, 1.54) is 0 Å². The second kappa shape index (κ2) is 5.96. The lowest BCUT2D eigenvalue weighted by Crippen LogP contribution is -2.02. The maximum Gasteiger partial charge on any atom is 0.0830 e. The summed E-state index contributed by atoms with van der Waals surface area (Å²) in [4.78, 5) is 0. The Balaban J connectivity index is 2.20. The van der Waals surface area contributed by atoms with Gasteiger partial charge in [0.25, 0.3) is 0 Å². The maximum atomic E-state index is 10.3. The smallest absolute Gasteiger partial charge is 0.0830 e. The van der Waals surface area contributed by atoms with Crippen LogP contribution >= 0.6 is 23.2 Å². The lowest BCUT2D eigenvalue weighted by Gasteiger charge is -2.13. The summed E-state index contributed by atoms with van der Waals surface area (Å²) in [6.07, 6.45) is -0.00407. The molecule has 0 radical (unpaired) electrons. The Morgan fingerprint density at radius 2 is 1.58 bits per heavy atom. The normalized spacial score (nSPS) is 12.5. The van der Waals surface area contributed by atoms with Crippen LogP contribution in [0.5, 0.6) is 0 Å². The monoisotopic (exact) mass is 294 g/mol. The van der Waals surface area contributed by atoms with Crippen molar-refractivity contribution in [1.82, 2.24) is 0 Å². The predicted molar refractivity (Wildman–Crippen MR) is 81.0 cm³/mol. The third kappa shape index (κ3) is 3.73. The molecule has 1 unspecified atom stereocenters. The van der Waals surface area contributed by atoms with Crippen LogP contribution in [0, 0.1) is 13.8 Å². The summed E-state index contributed by atoms with van der Waals surface area (Å²) in [6.45, 7) is 4.06. The van der Waals surface area contributed by atoms with Crippen molar-refractivity contribution < 1.29 is 5.11 Å². The number of halogens is 2. The topological polar surface area (TPSA) is 20.2 Å². The van der Waals surface area contributed by atoms with Crippen LogP contribution in [0.3, 0.4) is 0 Å². The number of aliphatic hydroxyl groups excluding tert-OH is 1. The third-order valence-corrected chi connectivity index (χ3v) is 3.78. The highest BCUT2D eigenvalue weighted by atomic mass is 35.5. The summed E-state index contributed by atoms with van der Waals surface area (Å²) in [5, 5.41) is 11.4. The van der Waals surface area contributed by atoms with E-state index in [0.717, 1.165) is 22.3 Å². The molecule has 2 rings (SSSR count). The van der Waals surface area contributed by atoms with E-state index in [4.69, 9.17) is 23.2 Å². The number of aryl methyl sites for hydroxylation is 2. The molecule has 0 saturated carbocycles. The largest absolute Gasteiger partial charge is 0.388 e. The fraction of sp³-hybridized carbons (Fsp3) is 0.250. The summed E-state index contributed by atoms with van der Waals surface area (Å²) in [5.74, 6) is 0. The molecule has 0 aliphatic carbocycles. The van der Waals surface area contributed by atoms with Crippen LogP contribution < -0.4 is 0 Å². The first-order valence-electron chi connectivity index (χ1n) is 6.16. The quantitative estimate of drug-likeness (QED) is 0.855. The second-order valence-electron chi connectivity index (χ2n) is 4.89. The van der Waals surface area contributed by atoms with Gasteiger partial charge in [0.2, 0.25) is 0 Å². The Labute approximate surface area is 123 Å². The average Bonchev–Trinajstić information content (AvgIpc) is 2.32. The zero-order valence-corrected chi connectivity index (χ0v) is 12.5. The third-order valence-electron chi connectivity index (χ3n) is 3.04. The lowest BCUT2D eigenvalue weighted by molar-refractivity contribution is 0.178. The molecule has 19 heavy (non-hydrogen) atoms. The Kier molecular flexibility index (Phi) is 4.51. The minimum absolute atomic E-state index is 0.520. The van der Waals surface area contributed by atoms with Gasteiger partial charge in [-0.1, -0.05) is 58.6 Å². The molecule has 0 aromatic heterocycles. The van der Waals surface area contributed by atoms with Crippen molar-refractivity contribution in [3.8, 4) is 0 Å². The molecule has 3 heteroatoms. The van der Waals surface area contributed by atoms with Crippen molar-refractivity contribution in [3.63, 3.8) is 0 Å². The number of benzene rings is 2. The van der Waals surface area contributed by atoms with Crippen molar-refractivity contribution in [2.24, 2.45) is 0 Å². The van der Waals surface area contributed by atoms with Gasteiger partial charge in [-0.25, -0.2) is 0 Å². The minimum Gasteiger partial charge on any atom is -0.388 e. The van der Waals surface area contributed by atoms with Crippen molar-refractivity contribution in [2.45, 2.75) is 26.4 Å². The second-order valence-corrected chi connectivity index (χ2v) is 5.70. The van der Waals surface area contributed by atoms with Crippen LogP contribution in [0.4, 0.5) is 0 Å². The van der Waals surface area contributed by atoms with E-state index >= 15 is 0 Å².